The topological polar surface area (TPSA) is 54.3 Å². The van der Waals surface area contributed by atoms with Crippen molar-refractivity contribution in [3.8, 4) is 0 Å². The number of anilines is 1. The van der Waals surface area contributed by atoms with Crippen molar-refractivity contribution in [1.82, 2.24) is 19.7 Å². The maximum Gasteiger partial charge on any atom is 0.233 e. The fourth-order valence-electron chi connectivity index (χ4n) is 3.83. The summed E-state index contributed by atoms with van der Waals surface area (Å²) in [4.78, 5) is 18.5. The summed E-state index contributed by atoms with van der Waals surface area (Å²) in [5, 5.41) is 11.9. The molecule has 0 unspecified atom stereocenters. The van der Waals surface area contributed by atoms with Crippen molar-refractivity contribution < 1.29 is 4.79 Å². The van der Waals surface area contributed by atoms with Gasteiger partial charge >= 0.3 is 0 Å². The molecular formula is C18H23N5OS2. The summed E-state index contributed by atoms with van der Waals surface area (Å²) in [6, 6.07) is 2.68. The number of thioether (sulfide) groups is 1. The van der Waals surface area contributed by atoms with Crippen LogP contribution in [0.1, 0.15) is 42.2 Å². The molecule has 0 radical (unpaired) electrons. The molecule has 0 aromatic carbocycles. The predicted octanol–water partition coefficient (Wildman–Crippen LogP) is 2.95. The average molecular weight is 390 g/mol. The van der Waals surface area contributed by atoms with Gasteiger partial charge in [-0.15, -0.1) is 21.5 Å². The van der Waals surface area contributed by atoms with Crippen molar-refractivity contribution in [1.29, 1.82) is 0 Å². The number of hydrogen-bond donors (Lipinski definition) is 0. The van der Waals surface area contributed by atoms with Crippen molar-refractivity contribution in [3.05, 3.63) is 21.9 Å². The summed E-state index contributed by atoms with van der Waals surface area (Å²) in [6.45, 7) is 3.74. The molecule has 2 aromatic heterocycles. The molecule has 1 amide bonds. The normalized spacial score (nSPS) is 19.8. The van der Waals surface area contributed by atoms with Crippen molar-refractivity contribution in [2.45, 2.75) is 49.8 Å². The van der Waals surface area contributed by atoms with Gasteiger partial charge < -0.3 is 9.80 Å². The van der Waals surface area contributed by atoms with Crippen LogP contribution >= 0.6 is 23.1 Å². The quantitative estimate of drug-likeness (QED) is 0.736. The van der Waals surface area contributed by atoms with Gasteiger partial charge in [0.2, 0.25) is 11.9 Å². The van der Waals surface area contributed by atoms with Crippen molar-refractivity contribution >= 4 is 35.0 Å². The Labute approximate surface area is 161 Å². The molecule has 0 bridgehead atoms. The molecule has 26 heavy (non-hydrogen) atoms. The first-order valence-corrected chi connectivity index (χ1v) is 11.3. The highest BCUT2D eigenvalue weighted by molar-refractivity contribution is 7.99. The highest BCUT2D eigenvalue weighted by atomic mass is 32.2. The fourth-order valence-corrected chi connectivity index (χ4v) is 5.62. The molecule has 0 atom stereocenters. The SMILES string of the molecule is O=C(CSc1nnc(N2CCCC2)n1C1CC1)N1CCc2sccc2C1. The molecule has 1 saturated heterocycles. The number of carbonyl (C=O) groups excluding carboxylic acids is 1. The molecule has 2 fully saturated rings. The van der Waals surface area contributed by atoms with Gasteiger partial charge in [0.05, 0.1) is 5.75 Å². The molecule has 138 valence electrons. The number of carbonyl (C=O) groups is 1. The Bertz CT molecular complexity index is 806. The fraction of sp³-hybridized carbons (Fsp3) is 0.611. The molecule has 2 aliphatic heterocycles. The molecule has 4 heterocycles. The van der Waals surface area contributed by atoms with Gasteiger partial charge in [-0.3, -0.25) is 9.36 Å². The Kier molecular flexibility index (Phi) is 4.40. The minimum atomic E-state index is 0.208. The predicted molar refractivity (Wildman–Crippen MR) is 104 cm³/mol. The number of nitrogens with zero attached hydrogens (tertiary/aromatic N) is 5. The van der Waals surface area contributed by atoms with Crippen LogP contribution in [0, 0.1) is 0 Å². The second-order valence-electron chi connectivity index (χ2n) is 7.30. The highest BCUT2D eigenvalue weighted by Crippen LogP contribution is 2.41. The van der Waals surface area contributed by atoms with Gasteiger partial charge in [0.15, 0.2) is 5.16 Å². The molecule has 0 spiro atoms. The first-order chi connectivity index (χ1) is 12.8. The van der Waals surface area contributed by atoms with Crippen LogP contribution in [0.5, 0.6) is 0 Å². The van der Waals surface area contributed by atoms with Crippen molar-refractivity contribution in [2.24, 2.45) is 0 Å². The third-order valence-electron chi connectivity index (χ3n) is 5.43. The van der Waals surface area contributed by atoms with Crippen LogP contribution in [0.15, 0.2) is 16.6 Å². The summed E-state index contributed by atoms with van der Waals surface area (Å²) in [6.07, 6.45) is 5.86. The Morgan fingerprint density at radius 1 is 1.23 bits per heavy atom. The van der Waals surface area contributed by atoms with Crippen molar-refractivity contribution in [2.75, 3.05) is 30.3 Å². The summed E-state index contributed by atoms with van der Waals surface area (Å²) in [7, 11) is 0. The van der Waals surface area contributed by atoms with E-state index >= 15 is 0 Å². The lowest BCUT2D eigenvalue weighted by molar-refractivity contribution is -0.129. The lowest BCUT2D eigenvalue weighted by Gasteiger charge is -2.26. The zero-order chi connectivity index (χ0) is 17.5. The number of hydrogen-bond acceptors (Lipinski definition) is 6. The van der Waals surface area contributed by atoms with Crippen LogP contribution in [0.3, 0.4) is 0 Å². The van der Waals surface area contributed by atoms with E-state index in [-0.39, 0.29) is 5.91 Å². The molecule has 6 nitrogen and oxygen atoms in total. The maximum absolute atomic E-state index is 12.7. The van der Waals surface area contributed by atoms with Crippen LogP contribution in [0.2, 0.25) is 0 Å². The van der Waals surface area contributed by atoms with Gasteiger partial charge in [-0.05, 0) is 49.1 Å². The number of rotatable bonds is 5. The van der Waals surface area contributed by atoms with E-state index in [4.69, 9.17) is 0 Å². The Morgan fingerprint density at radius 3 is 2.88 bits per heavy atom. The van der Waals surface area contributed by atoms with E-state index in [0.717, 1.165) is 43.7 Å². The Morgan fingerprint density at radius 2 is 2.08 bits per heavy atom. The van der Waals surface area contributed by atoms with Crippen LogP contribution < -0.4 is 4.90 Å². The van der Waals surface area contributed by atoms with Gasteiger partial charge in [0, 0.05) is 37.1 Å². The second-order valence-corrected chi connectivity index (χ2v) is 9.24. The van der Waals surface area contributed by atoms with Crippen LogP contribution in [-0.4, -0.2) is 51.0 Å². The zero-order valence-corrected chi connectivity index (χ0v) is 16.4. The smallest absolute Gasteiger partial charge is 0.233 e. The van der Waals surface area contributed by atoms with Gasteiger partial charge in [-0.25, -0.2) is 0 Å². The van der Waals surface area contributed by atoms with E-state index in [1.54, 1.807) is 23.1 Å². The molecule has 3 aliphatic rings. The molecule has 5 rings (SSSR count). The minimum absolute atomic E-state index is 0.208. The number of fused-ring (bicyclic) bond motifs is 1. The first-order valence-electron chi connectivity index (χ1n) is 9.45. The number of aromatic nitrogens is 3. The first kappa shape index (κ1) is 16.6. The van der Waals surface area contributed by atoms with Crippen molar-refractivity contribution in [3.63, 3.8) is 0 Å². The lowest BCUT2D eigenvalue weighted by Crippen LogP contribution is -2.36. The minimum Gasteiger partial charge on any atom is -0.341 e. The van der Waals surface area contributed by atoms with E-state index in [0.29, 0.717) is 11.8 Å². The summed E-state index contributed by atoms with van der Waals surface area (Å²) < 4.78 is 2.29. The monoisotopic (exact) mass is 389 g/mol. The lowest BCUT2D eigenvalue weighted by atomic mass is 10.1. The van der Waals surface area contributed by atoms with E-state index < -0.39 is 0 Å². The summed E-state index contributed by atoms with van der Waals surface area (Å²) in [5.41, 5.74) is 1.32. The van der Waals surface area contributed by atoms with E-state index in [1.165, 1.54) is 36.1 Å². The van der Waals surface area contributed by atoms with Gasteiger partial charge in [-0.2, -0.15) is 0 Å². The van der Waals surface area contributed by atoms with E-state index in [9.17, 15) is 4.79 Å². The third kappa shape index (κ3) is 3.13. The standard InChI is InChI=1S/C18H23N5OS2/c24-16(22-9-5-15-13(11-22)6-10-25-15)12-26-18-20-19-17(21-7-1-2-8-21)23(18)14-3-4-14/h6,10,14H,1-5,7-9,11-12H2. The maximum atomic E-state index is 12.7. The molecule has 2 aromatic rings. The van der Waals surface area contributed by atoms with Crippen LogP contribution in [0.4, 0.5) is 5.95 Å². The van der Waals surface area contributed by atoms with Crippen LogP contribution in [0.25, 0.3) is 0 Å². The molecule has 8 heteroatoms. The second kappa shape index (κ2) is 6.88. The summed E-state index contributed by atoms with van der Waals surface area (Å²) >= 11 is 3.36. The van der Waals surface area contributed by atoms with Gasteiger partial charge in [0.1, 0.15) is 0 Å². The number of amides is 1. The highest BCUT2D eigenvalue weighted by Gasteiger charge is 2.33. The van der Waals surface area contributed by atoms with E-state index in [1.807, 2.05) is 4.90 Å². The average Bonchev–Trinajstić information content (AvgIpc) is 3.09. The molecular weight excluding hydrogens is 366 g/mol. The Hall–Kier alpha value is -1.54. The molecule has 1 saturated carbocycles. The molecule has 1 aliphatic carbocycles. The Balaban J connectivity index is 1.26. The van der Waals surface area contributed by atoms with Crippen LogP contribution in [-0.2, 0) is 17.8 Å². The largest absolute Gasteiger partial charge is 0.341 e. The van der Waals surface area contributed by atoms with Gasteiger partial charge in [0.25, 0.3) is 0 Å². The van der Waals surface area contributed by atoms with E-state index in [2.05, 4.69) is 31.1 Å². The van der Waals surface area contributed by atoms with Gasteiger partial charge in [-0.1, -0.05) is 11.8 Å². The zero-order valence-electron chi connectivity index (χ0n) is 14.8. The number of thiophene rings is 1. The molecule has 0 N–H and O–H groups in total. The third-order valence-corrected chi connectivity index (χ3v) is 7.38. The summed E-state index contributed by atoms with van der Waals surface area (Å²) in [5.74, 6) is 1.67.